The summed E-state index contributed by atoms with van der Waals surface area (Å²) in [7, 11) is 0. The number of aromatic nitrogens is 2. The minimum atomic E-state index is 0.894. The third-order valence-corrected chi connectivity index (χ3v) is 3.58. The number of benzene rings is 1. The highest BCUT2D eigenvalue weighted by molar-refractivity contribution is 9.10. The molecule has 0 spiro atoms. The number of halogens is 1. The quantitative estimate of drug-likeness (QED) is 0.822. The maximum atomic E-state index is 4.53. The Labute approximate surface area is 123 Å². The summed E-state index contributed by atoms with van der Waals surface area (Å²) in [6.45, 7) is 6.30. The Bertz CT molecular complexity index is 534. The average Bonchev–Trinajstić information content (AvgIpc) is 2.82. The zero-order valence-corrected chi connectivity index (χ0v) is 13.1. The molecule has 0 aliphatic rings. The predicted molar refractivity (Wildman–Crippen MR) is 82.6 cm³/mol. The largest absolute Gasteiger partial charge is 0.313 e. The molecule has 102 valence electrons. The zero-order chi connectivity index (χ0) is 13.7. The second-order valence-electron chi connectivity index (χ2n) is 4.54. The molecule has 0 atom stereocenters. The molecule has 3 nitrogen and oxygen atoms in total. The lowest BCUT2D eigenvalue weighted by Gasteiger charge is -2.09. The Kier molecular flexibility index (Phi) is 5.16. The molecule has 0 aliphatic heterocycles. The number of nitrogens with zero attached hydrogens (tertiary/aromatic N) is 2. The minimum Gasteiger partial charge on any atom is -0.313 e. The van der Waals surface area contributed by atoms with E-state index in [9.17, 15) is 0 Å². The molecular formula is C15H20BrN3. The van der Waals surface area contributed by atoms with Crippen LogP contribution < -0.4 is 5.32 Å². The van der Waals surface area contributed by atoms with Crippen LogP contribution in [0, 0.1) is 0 Å². The van der Waals surface area contributed by atoms with Crippen LogP contribution in [0.15, 0.2) is 34.9 Å². The van der Waals surface area contributed by atoms with E-state index in [1.165, 1.54) is 11.3 Å². The normalized spacial score (nSPS) is 10.9. The smallest absolute Gasteiger partial charge is 0.0660 e. The highest BCUT2D eigenvalue weighted by atomic mass is 79.9. The van der Waals surface area contributed by atoms with Crippen molar-refractivity contribution in [3.63, 3.8) is 0 Å². The van der Waals surface area contributed by atoms with Gasteiger partial charge in [-0.3, -0.25) is 0 Å². The van der Waals surface area contributed by atoms with Gasteiger partial charge in [-0.1, -0.05) is 35.8 Å². The molecule has 0 saturated carbocycles. The zero-order valence-electron chi connectivity index (χ0n) is 11.5. The fraction of sp³-hybridized carbons (Fsp3) is 0.400. The van der Waals surface area contributed by atoms with E-state index in [1.807, 2.05) is 23.0 Å². The summed E-state index contributed by atoms with van der Waals surface area (Å²) in [6.07, 6.45) is 4.11. The first-order valence-electron chi connectivity index (χ1n) is 6.78. The van der Waals surface area contributed by atoms with Gasteiger partial charge in [-0.25, -0.2) is 4.68 Å². The molecule has 0 unspecified atom stereocenters. The molecule has 19 heavy (non-hydrogen) atoms. The summed E-state index contributed by atoms with van der Waals surface area (Å²) in [4.78, 5) is 0. The minimum absolute atomic E-state index is 0.894. The molecular weight excluding hydrogens is 302 g/mol. The molecule has 2 aromatic rings. The summed E-state index contributed by atoms with van der Waals surface area (Å²) in [6, 6.07) is 8.24. The summed E-state index contributed by atoms with van der Waals surface area (Å²) in [5.74, 6) is 0. The lowest BCUT2D eigenvalue weighted by molar-refractivity contribution is 0.669. The SMILES string of the molecule is CCCNCc1cnn(-c2cccc(Br)c2)c1CC. The molecule has 0 fully saturated rings. The lowest BCUT2D eigenvalue weighted by Crippen LogP contribution is -2.15. The highest BCUT2D eigenvalue weighted by Crippen LogP contribution is 2.19. The van der Waals surface area contributed by atoms with Gasteiger partial charge in [-0.05, 0) is 37.6 Å². The Hall–Kier alpha value is -1.13. The van der Waals surface area contributed by atoms with E-state index in [0.29, 0.717) is 0 Å². The number of nitrogens with one attached hydrogen (secondary N) is 1. The highest BCUT2D eigenvalue weighted by Gasteiger charge is 2.10. The van der Waals surface area contributed by atoms with Crippen molar-refractivity contribution >= 4 is 15.9 Å². The van der Waals surface area contributed by atoms with Crippen LogP contribution in [0.5, 0.6) is 0 Å². The first-order chi connectivity index (χ1) is 9.26. The fourth-order valence-electron chi connectivity index (χ4n) is 2.16. The molecule has 1 N–H and O–H groups in total. The van der Waals surface area contributed by atoms with E-state index in [4.69, 9.17) is 0 Å². The van der Waals surface area contributed by atoms with E-state index in [-0.39, 0.29) is 0 Å². The maximum Gasteiger partial charge on any atom is 0.0660 e. The van der Waals surface area contributed by atoms with Crippen LogP contribution in [0.4, 0.5) is 0 Å². The Morgan fingerprint density at radius 1 is 1.32 bits per heavy atom. The molecule has 4 heteroatoms. The van der Waals surface area contributed by atoms with Gasteiger partial charge in [-0.15, -0.1) is 0 Å². The van der Waals surface area contributed by atoms with E-state index in [2.05, 4.69) is 52.3 Å². The van der Waals surface area contributed by atoms with E-state index in [1.54, 1.807) is 0 Å². The van der Waals surface area contributed by atoms with Crippen LogP contribution in [0.1, 0.15) is 31.5 Å². The predicted octanol–water partition coefficient (Wildman–Crippen LogP) is 3.70. The Balaban J connectivity index is 2.26. The number of hydrogen-bond acceptors (Lipinski definition) is 2. The standard InChI is InChI=1S/C15H20BrN3/c1-3-8-17-10-12-11-18-19(15(12)4-2)14-7-5-6-13(16)9-14/h5-7,9,11,17H,3-4,8,10H2,1-2H3. The van der Waals surface area contributed by atoms with Crippen molar-refractivity contribution in [3.05, 3.63) is 46.2 Å². The summed E-state index contributed by atoms with van der Waals surface area (Å²) in [5, 5.41) is 7.97. The third-order valence-electron chi connectivity index (χ3n) is 3.09. The lowest BCUT2D eigenvalue weighted by atomic mass is 10.2. The molecule has 2 rings (SSSR count). The van der Waals surface area contributed by atoms with Crippen LogP contribution in [0.3, 0.4) is 0 Å². The van der Waals surface area contributed by atoms with Gasteiger partial charge in [0.1, 0.15) is 0 Å². The van der Waals surface area contributed by atoms with Crippen molar-refractivity contribution in [2.75, 3.05) is 6.54 Å². The van der Waals surface area contributed by atoms with Crippen molar-refractivity contribution in [1.29, 1.82) is 0 Å². The number of rotatable bonds is 6. The fourth-order valence-corrected chi connectivity index (χ4v) is 2.55. The molecule has 1 aromatic carbocycles. The van der Waals surface area contributed by atoms with Gasteiger partial charge in [0, 0.05) is 22.3 Å². The first-order valence-corrected chi connectivity index (χ1v) is 7.58. The topological polar surface area (TPSA) is 29.9 Å². The van der Waals surface area contributed by atoms with Crippen molar-refractivity contribution in [2.45, 2.75) is 33.2 Å². The Morgan fingerprint density at radius 2 is 2.16 bits per heavy atom. The summed E-state index contributed by atoms with van der Waals surface area (Å²) in [5.41, 5.74) is 3.67. The first kappa shape index (κ1) is 14.3. The molecule has 0 radical (unpaired) electrons. The van der Waals surface area contributed by atoms with Gasteiger partial charge in [0.2, 0.25) is 0 Å². The van der Waals surface area contributed by atoms with Gasteiger partial charge >= 0.3 is 0 Å². The van der Waals surface area contributed by atoms with Gasteiger partial charge < -0.3 is 5.32 Å². The molecule has 1 heterocycles. The van der Waals surface area contributed by atoms with E-state index < -0.39 is 0 Å². The summed E-state index contributed by atoms with van der Waals surface area (Å²) >= 11 is 3.51. The molecule has 0 bridgehead atoms. The molecule has 0 saturated heterocycles. The van der Waals surface area contributed by atoms with Crippen LogP contribution in [0.25, 0.3) is 5.69 Å². The molecule has 0 amide bonds. The van der Waals surface area contributed by atoms with E-state index >= 15 is 0 Å². The van der Waals surface area contributed by atoms with Gasteiger partial charge in [0.25, 0.3) is 0 Å². The van der Waals surface area contributed by atoms with Crippen LogP contribution in [0.2, 0.25) is 0 Å². The van der Waals surface area contributed by atoms with Crippen molar-refractivity contribution < 1.29 is 0 Å². The average molecular weight is 322 g/mol. The van der Waals surface area contributed by atoms with Gasteiger partial charge in [-0.2, -0.15) is 5.10 Å². The summed E-state index contributed by atoms with van der Waals surface area (Å²) < 4.78 is 3.11. The van der Waals surface area contributed by atoms with Gasteiger partial charge in [0.05, 0.1) is 11.9 Å². The molecule has 1 aromatic heterocycles. The van der Waals surface area contributed by atoms with Crippen molar-refractivity contribution in [1.82, 2.24) is 15.1 Å². The molecule has 0 aliphatic carbocycles. The van der Waals surface area contributed by atoms with Crippen LogP contribution >= 0.6 is 15.9 Å². The van der Waals surface area contributed by atoms with Crippen LogP contribution in [-0.2, 0) is 13.0 Å². The Morgan fingerprint density at radius 3 is 2.84 bits per heavy atom. The second kappa shape index (κ2) is 6.87. The van der Waals surface area contributed by atoms with Crippen LogP contribution in [-0.4, -0.2) is 16.3 Å². The number of hydrogen-bond donors (Lipinski definition) is 1. The van der Waals surface area contributed by atoms with Crippen molar-refractivity contribution in [3.8, 4) is 5.69 Å². The monoisotopic (exact) mass is 321 g/mol. The second-order valence-corrected chi connectivity index (χ2v) is 5.45. The third kappa shape index (κ3) is 3.45. The maximum absolute atomic E-state index is 4.53. The van der Waals surface area contributed by atoms with Crippen molar-refractivity contribution in [2.24, 2.45) is 0 Å². The van der Waals surface area contributed by atoms with Gasteiger partial charge in [0.15, 0.2) is 0 Å². The van der Waals surface area contributed by atoms with E-state index in [0.717, 1.165) is 36.1 Å².